The molecule has 0 saturated carbocycles. The fourth-order valence-corrected chi connectivity index (χ4v) is 3.48. The Labute approximate surface area is 158 Å². The molecule has 1 amide bonds. The van der Waals surface area contributed by atoms with Crippen LogP contribution in [0.1, 0.15) is 49.9 Å². The number of nitrogens with zero attached hydrogens (tertiary/aromatic N) is 1. The predicted octanol–water partition coefficient (Wildman–Crippen LogP) is 3.74. The van der Waals surface area contributed by atoms with E-state index in [1.54, 1.807) is 12.1 Å². The lowest BCUT2D eigenvalue weighted by molar-refractivity contribution is 0.0918. The van der Waals surface area contributed by atoms with Gasteiger partial charge >= 0.3 is 0 Å². The molecule has 0 aliphatic carbocycles. The van der Waals surface area contributed by atoms with Gasteiger partial charge in [0.05, 0.1) is 0 Å². The second-order valence-corrected chi connectivity index (χ2v) is 6.22. The molecule has 1 aromatic rings. The van der Waals surface area contributed by atoms with Gasteiger partial charge in [0.25, 0.3) is 5.91 Å². The first-order chi connectivity index (χ1) is 10.7. The van der Waals surface area contributed by atoms with E-state index in [2.05, 4.69) is 24.1 Å². The van der Waals surface area contributed by atoms with Crippen LogP contribution in [0.15, 0.2) is 24.3 Å². The molecule has 1 aliphatic heterocycles. The summed E-state index contributed by atoms with van der Waals surface area (Å²) in [6.45, 7) is 7.54. The summed E-state index contributed by atoms with van der Waals surface area (Å²) in [6.07, 6.45) is 4.87. The highest BCUT2D eigenvalue weighted by molar-refractivity contribution is 5.95. The summed E-state index contributed by atoms with van der Waals surface area (Å²) in [6, 6.07) is 7.62. The summed E-state index contributed by atoms with van der Waals surface area (Å²) < 4.78 is 0. The molecule has 1 unspecified atom stereocenters. The number of carbonyl (C=O) groups is 1. The number of hydrogen-bond acceptors (Lipinski definition) is 3. The SMILES string of the molecule is CCC(CC)C(CNC(=O)c1cccc(N)c1)N1CCCC1.Cl.Cl. The minimum absolute atomic E-state index is 0. The molecule has 24 heavy (non-hydrogen) atoms. The van der Waals surface area contributed by atoms with Crippen molar-refractivity contribution in [3.8, 4) is 0 Å². The van der Waals surface area contributed by atoms with Crippen molar-refractivity contribution in [3.63, 3.8) is 0 Å². The number of nitrogen functional groups attached to an aromatic ring is 1. The number of amides is 1. The third-order valence-corrected chi connectivity index (χ3v) is 4.82. The predicted molar refractivity (Wildman–Crippen MR) is 106 cm³/mol. The van der Waals surface area contributed by atoms with Crippen molar-refractivity contribution in [1.82, 2.24) is 10.2 Å². The molecule has 0 bridgehead atoms. The summed E-state index contributed by atoms with van der Waals surface area (Å²) in [5, 5.41) is 3.12. The minimum atomic E-state index is -0.0255. The van der Waals surface area contributed by atoms with Crippen molar-refractivity contribution in [1.29, 1.82) is 0 Å². The van der Waals surface area contributed by atoms with Gasteiger partial charge in [-0.2, -0.15) is 0 Å². The Morgan fingerprint density at radius 1 is 1.21 bits per heavy atom. The summed E-state index contributed by atoms with van der Waals surface area (Å²) >= 11 is 0. The highest BCUT2D eigenvalue weighted by Crippen LogP contribution is 2.22. The molecule has 1 heterocycles. The highest BCUT2D eigenvalue weighted by atomic mass is 35.5. The average molecular weight is 376 g/mol. The van der Waals surface area contributed by atoms with E-state index < -0.39 is 0 Å². The maximum atomic E-state index is 12.3. The zero-order chi connectivity index (χ0) is 15.9. The van der Waals surface area contributed by atoms with Gasteiger partial charge in [0, 0.05) is 23.8 Å². The number of halogens is 2. The number of benzene rings is 1. The number of carbonyl (C=O) groups excluding carboxylic acids is 1. The second-order valence-electron chi connectivity index (χ2n) is 6.22. The normalized spacial score (nSPS) is 15.5. The lowest BCUT2D eigenvalue weighted by Crippen LogP contribution is -2.46. The van der Waals surface area contributed by atoms with Crippen LogP contribution in [0.4, 0.5) is 5.69 Å². The summed E-state index contributed by atoms with van der Waals surface area (Å²) in [5.74, 6) is 0.613. The first-order valence-electron chi connectivity index (χ1n) is 8.53. The van der Waals surface area contributed by atoms with Crippen LogP contribution >= 0.6 is 24.8 Å². The van der Waals surface area contributed by atoms with Gasteiger partial charge in [0.15, 0.2) is 0 Å². The number of hydrogen-bond donors (Lipinski definition) is 2. The monoisotopic (exact) mass is 375 g/mol. The smallest absolute Gasteiger partial charge is 0.251 e. The Hall–Kier alpha value is -0.970. The van der Waals surface area contributed by atoms with Gasteiger partial charge in [-0.1, -0.05) is 32.8 Å². The summed E-state index contributed by atoms with van der Waals surface area (Å²) in [4.78, 5) is 14.9. The number of nitrogens with two attached hydrogens (primary N) is 1. The van der Waals surface area contributed by atoms with Crippen molar-refractivity contribution in [3.05, 3.63) is 29.8 Å². The molecule has 1 atom stereocenters. The Morgan fingerprint density at radius 3 is 2.38 bits per heavy atom. The molecule has 1 aliphatic rings. The van der Waals surface area contributed by atoms with Crippen LogP contribution in [0.3, 0.4) is 0 Å². The van der Waals surface area contributed by atoms with Crippen molar-refractivity contribution < 1.29 is 4.79 Å². The van der Waals surface area contributed by atoms with Crippen LogP contribution in [0.5, 0.6) is 0 Å². The standard InChI is InChI=1S/C18H29N3O.2ClH/c1-3-14(4-2)17(21-10-5-6-11-21)13-20-18(22)15-8-7-9-16(19)12-15;;/h7-9,12,14,17H,3-6,10-11,13,19H2,1-2H3,(H,20,22);2*1H. The zero-order valence-electron chi connectivity index (χ0n) is 14.7. The first kappa shape index (κ1) is 23.0. The molecule has 1 saturated heterocycles. The van der Waals surface area contributed by atoms with Gasteiger partial charge in [-0.3, -0.25) is 9.69 Å². The van der Waals surface area contributed by atoms with E-state index in [-0.39, 0.29) is 30.7 Å². The van der Waals surface area contributed by atoms with Crippen molar-refractivity contribution in [2.75, 3.05) is 25.4 Å². The second kappa shape index (κ2) is 11.6. The van der Waals surface area contributed by atoms with Crippen LogP contribution in [-0.2, 0) is 0 Å². The first-order valence-corrected chi connectivity index (χ1v) is 8.53. The van der Waals surface area contributed by atoms with E-state index in [0.717, 1.165) is 32.5 Å². The Bertz CT molecular complexity index is 487. The van der Waals surface area contributed by atoms with E-state index in [1.807, 2.05) is 12.1 Å². The molecule has 2 rings (SSSR count). The Kier molecular flexibility index (Phi) is 11.1. The maximum Gasteiger partial charge on any atom is 0.251 e. The Morgan fingerprint density at radius 2 is 1.83 bits per heavy atom. The fraction of sp³-hybridized carbons (Fsp3) is 0.611. The summed E-state index contributed by atoms with van der Waals surface area (Å²) in [7, 11) is 0. The lowest BCUT2D eigenvalue weighted by atomic mass is 9.93. The van der Waals surface area contributed by atoms with Gasteiger partial charge in [0.1, 0.15) is 0 Å². The van der Waals surface area contributed by atoms with Gasteiger partial charge in [-0.25, -0.2) is 0 Å². The maximum absolute atomic E-state index is 12.3. The van der Waals surface area contributed by atoms with E-state index in [1.165, 1.54) is 12.8 Å². The molecule has 6 heteroatoms. The molecular formula is C18H31Cl2N3O. The molecule has 0 radical (unpaired) electrons. The largest absolute Gasteiger partial charge is 0.399 e. The van der Waals surface area contributed by atoms with E-state index in [9.17, 15) is 4.79 Å². The molecule has 0 spiro atoms. The van der Waals surface area contributed by atoms with E-state index >= 15 is 0 Å². The third kappa shape index (κ3) is 6.15. The number of nitrogens with one attached hydrogen (secondary N) is 1. The number of anilines is 1. The van der Waals surface area contributed by atoms with Crippen LogP contribution in [0.2, 0.25) is 0 Å². The Balaban J connectivity index is 0.00000264. The average Bonchev–Trinajstić information content (AvgIpc) is 3.05. The van der Waals surface area contributed by atoms with Gasteiger partial charge < -0.3 is 11.1 Å². The number of rotatable bonds is 7. The van der Waals surface area contributed by atoms with E-state index in [0.29, 0.717) is 23.2 Å². The third-order valence-electron chi connectivity index (χ3n) is 4.82. The van der Waals surface area contributed by atoms with Crippen LogP contribution in [0, 0.1) is 5.92 Å². The van der Waals surface area contributed by atoms with Crippen LogP contribution in [-0.4, -0.2) is 36.5 Å². The minimum Gasteiger partial charge on any atom is -0.399 e. The van der Waals surface area contributed by atoms with Gasteiger partial charge in [0.2, 0.25) is 0 Å². The molecule has 1 aromatic carbocycles. The van der Waals surface area contributed by atoms with E-state index in [4.69, 9.17) is 5.73 Å². The van der Waals surface area contributed by atoms with Crippen molar-refractivity contribution in [2.45, 2.75) is 45.6 Å². The molecular weight excluding hydrogens is 345 g/mol. The zero-order valence-corrected chi connectivity index (χ0v) is 16.3. The topological polar surface area (TPSA) is 58.4 Å². The quantitative estimate of drug-likeness (QED) is 0.713. The van der Waals surface area contributed by atoms with Crippen molar-refractivity contribution >= 4 is 36.4 Å². The molecule has 0 aromatic heterocycles. The van der Waals surface area contributed by atoms with Crippen molar-refractivity contribution in [2.24, 2.45) is 5.92 Å². The van der Waals surface area contributed by atoms with Crippen LogP contribution < -0.4 is 11.1 Å². The van der Waals surface area contributed by atoms with Gasteiger partial charge in [-0.05, 0) is 50.0 Å². The fourth-order valence-electron chi connectivity index (χ4n) is 3.48. The highest BCUT2D eigenvalue weighted by Gasteiger charge is 2.27. The molecule has 3 N–H and O–H groups in total. The summed E-state index contributed by atoms with van der Waals surface area (Å²) in [5.41, 5.74) is 7.03. The van der Waals surface area contributed by atoms with Gasteiger partial charge in [-0.15, -0.1) is 24.8 Å². The number of likely N-dealkylation sites (tertiary alicyclic amines) is 1. The molecule has 138 valence electrons. The lowest BCUT2D eigenvalue weighted by Gasteiger charge is -2.34. The molecule has 4 nitrogen and oxygen atoms in total. The molecule has 1 fully saturated rings. The van der Waals surface area contributed by atoms with Crippen LogP contribution in [0.25, 0.3) is 0 Å².